The van der Waals surface area contributed by atoms with Gasteiger partial charge >= 0.3 is 0 Å². The number of carbonyl (C=O) groups excluding carboxylic acids is 2. The number of unbranched alkanes of at least 4 members (excludes halogenated alkanes) is 12. The summed E-state index contributed by atoms with van der Waals surface area (Å²) in [6, 6.07) is 0. The molecule has 0 N–H and O–H groups in total. The van der Waals surface area contributed by atoms with Gasteiger partial charge in [0.2, 0.25) is 0 Å². The highest BCUT2D eigenvalue weighted by Crippen LogP contribution is 2.12. The maximum Gasteiger partial charge on any atom is 0.178 e. The lowest BCUT2D eigenvalue weighted by molar-refractivity contribution is -0.111. The normalized spacial score (nSPS) is 11.9. The molecule has 2 nitrogen and oxygen atoms in total. The van der Waals surface area contributed by atoms with E-state index in [4.69, 9.17) is 0 Å². The van der Waals surface area contributed by atoms with Crippen LogP contribution in [0.4, 0.5) is 0 Å². The molecule has 0 aromatic heterocycles. The van der Waals surface area contributed by atoms with Crippen LogP contribution in [0, 0.1) is 0 Å². The van der Waals surface area contributed by atoms with Gasteiger partial charge in [0.15, 0.2) is 5.78 Å². The van der Waals surface area contributed by atoms with E-state index in [2.05, 4.69) is 19.1 Å². The summed E-state index contributed by atoms with van der Waals surface area (Å²) in [4.78, 5) is 21.3. The van der Waals surface area contributed by atoms with E-state index in [1.165, 1.54) is 89.2 Å². The predicted octanol–water partition coefficient (Wildman–Crippen LogP) is 6.90. The highest BCUT2D eigenvalue weighted by molar-refractivity contribution is 6.00. The first-order chi connectivity index (χ1) is 12.3. The van der Waals surface area contributed by atoms with Gasteiger partial charge in [0.05, 0.1) is 0 Å². The predicted molar refractivity (Wildman–Crippen MR) is 109 cm³/mol. The van der Waals surface area contributed by atoms with Gasteiger partial charge in [0, 0.05) is 0 Å². The fourth-order valence-corrected chi connectivity index (χ4v) is 2.71. The van der Waals surface area contributed by atoms with Crippen LogP contribution in [0.25, 0.3) is 0 Å². The van der Waals surface area contributed by atoms with E-state index < -0.39 is 0 Å². The Labute approximate surface area is 155 Å². The van der Waals surface area contributed by atoms with E-state index in [0.29, 0.717) is 6.29 Å². The van der Waals surface area contributed by atoms with Crippen LogP contribution >= 0.6 is 0 Å². The van der Waals surface area contributed by atoms with Gasteiger partial charge in [-0.3, -0.25) is 9.59 Å². The smallest absolute Gasteiger partial charge is 0.178 e. The van der Waals surface area contributed by atoms with Crippen LogP contribution in [-0.2, 0) is 9.59 Å². The minimum atomic E-state index is -0.108. The van der Waals surface area contributed by atoms with E-state index in [0.717, 1.165) is 12.8 Å². The first kappa shape index (κ1) is 23.6. The number of carbonyl (C=O) groups is 2. The van der Waals surface area contributed by atoms with Crippen LogP contribution in [0.2, 0.25) is 0 Å². The highest BCUT2D eigenvalue weighted by Gasteiger charge is 1.93. The van der Waals surface area contributed by atoms with Crippen molar-refractivity contribution in [1.29, 1.82) is 0 Å². The molecule has 0 atom stereocenters. The molecule has 0 amide bonds. The second-order valence-electron chi connectivity index (χ2n) is 6.67. The van der Waals surface area contributed by atoms with Gasteiger partial charge in [-0.1, -0.05) is 82.9 Å². The van der Waals surface area contributed by atoms with Gasteiger partial charge in [-0.25, -0.2) is 0 Å². The summed E-state index contributed by atoms with van der Waals surface area (Å²) >= 11 is 0. The molecule has 0 rings (SSSR count). The van der Waals surface area contributed by atoms with E-state index in [1.54, 1.807) is 6.08 Å². The largest absolute Gasteiger partial charge is 0.299 e. The summed E-state index contributed by atoms with van der Waals surface area (Å²) in [5.74, 6) is -0.108. The third-order valence-corrected chi connectivity index (χ3v) is 4.25. The monoisotopic (exact) mass is 346 g/mol. The Kier molecular flexibility index (Phi) is 19.4. The second-order valence-corrected chi connectivity index (χ2v) is 6.67. The van der Waals surface area contributed by atoms with Gasteiger partial charge in [0.25, 0.3) is 0 Å². The van der Waals surface area contributed by atoms with E-state index >= 15 is 0 Å². The summed E-state index contributed by atoms with van der Waals surface area (Å²) in [5.41, 5.74) is 0. The molecule has 0 heterocycles. The first-order valence-electron chi connectivity index (χ1n) is 10.3. The third kappa shape index (κ3) is 20.5. The van der Waals surface area contributed by atoms with E-state index in [9.17, 15) is 9.59 Å². The fourth-order valence-electron chi connectivity index (χ4n) is 2.71. The molecule has 2 heteroatoms. The summed E-state index contributed by atoms with van der Waals surface area (Å²) in [5, 5.41) is 0. The molecule has 0 aliphatic heterocycles. The Balaban J connectivity index is 3.22. The Morgan fingerprint density at radius 1 is 0.640 bits per heavy atom. The summed E-state index contributed by atoms with van der Waals surface area (Å²) in [6.07, 6.45) is 29.2. The highest BCUT2D eigenvalue weighted by atomic mass is 16.1. The molecule has 0 aliphatic carbocycles. The Bertz CT molecular complexity index is 391. The van der Waals surface area contributed by atoms with Crippen molar-refractivity contribution in [2.24, 2.45) is 0 Å². The average Bonchev–Trinajstić information content (AvgIpc) is 2.62. The van der Waals surface area contributed by atoms with Crippen molar-refractivity contribution in [2.75, 3.05) is 0 Å². The fraction of sp³-hybridized carbons (Fsp3) is 0.652. The van der Waals surface area contributed by atoms with Gasteiger partial charge < -0.3 is 0 Å². The Morgan fingerprint density at radius 2 is 1.12 bits per heavy atom. The van der Waals surface area contributed by atoms with E-state index in [-0.39, 0.29) is 5.78 Å². The first-order valence-corrected chi connectivity index (χ1v) is 10.3. The quantitative estimate of drug-likeness (QED) is 0.117. The number of hydrogen-bond acceptors (Lipinski definition) is 2. The molecule has 0 saturated carbocycles. The minimum Gasteiger partial charge on any atom is -0.299 e. The lowest BCUT2D eigenvalue weighted by Gasteiger charge is -2.01. The summed E-state index contributed by atoms with van der Waals surface area (Å²) < 4.78 is 0. The lowest BCUT2D eigenvalue weighted by Crippen LogP contribution is -1.85. The van der Waals surface area contributed by atoms with Crippen LogP contribution in [0.15, 0.2) is 36.5 Å². The zero-order valence-electron chi connectivity index (χ0n) is 16.3. The van der Waals surface area contributed by atoms with Crippen molar-refractivity contribution >= 4 is 12.1 Å². The van der Waals surface area contributed by atoms with Gasteiger partial charge in [-0.2, -0.15) is 0 Å². The van der Waals surface area contributed by atoms with Crippen LogP contribution in [-0.4, -0.2) is 12.1 Å². The van der Waals surface area contributed by atoms with Gasteiger partial charge in [0.1, 0.15) is 6.29 Å². The maximum absolute atomic E-state index is 11.2. The SMILES string of the molecule is CCCCC=CCCCCCCCCCCC/C=C/C(=O)/C=C/C=O. The van der Waals surface area contributed by atoms with Crippen molar-refractivity contribution in [2.45, 2.75) is 96.8 Å². The minimum absolute atomic E-state index is 0.108. The molecule has 25 heavy (non-hydrogen) atoms. The number of ketones is 1. The van der Waals surface area contributed by atoms with Crippen molar-refractivity contribution < 1.29 is 9.59 Å². The molecular weight excluding hydrogens is 308 g/mol. The molecule has 0 fully saturated rings. The molecule has 0 radical (unpaired) electrons. The summed E-state index contributed by atoms with van der Waals surface area (Å²) in [7, 11) is 0. The Morgan fingerprint density at radius 3 is 1.64 bits per heavy atom. The van der Waals surface area contributed by atoms with E-state index in [1.807, 2.05) is 6.08 Å². The molecule has 0 unspecified atom stereocenters. The van der Waals surface area contributed by atoms with Crippen molar-refractivity contribution in [3.63, 3.8) is 0 Å². The molecule has 0 aromatic rings. The maximum atomic E-state index is 11.2. The molecule has 142 valence electrons. The van der Waals surface area contributed by atoms with Crippen LogP contribution in [0.5, 0.6) is 0 Å². The van der Waals surface area contributed by atoms with Crippen molar-refractivity contribution in [3.8, 4) is 0 Å². The van der Waals surface area contributed by atoms with Gasteiger partial charge in [-0.15, -0.1) is 0 Å². The molecule has 0 aromatic carbocycles. The Hall–Kier alpha value is -1.44. The lowest BCUT2D eigenvalue weighted by atomic mass is 10.1. The molecule has 0 saturated heterocycles. The van der Waals surface area contributed by atoms with Crippen LogP contribution < -0.4 is 0 Å². The molecule has 0 aliphatic rings. The zero-order valence-corrected chi connectivity index (χ0v) is 16.3. The van der Waals surface area contributed by atoms with Crippen molar-refractivity contribution in [1.82, 2.24) is 0 Å². The van der Waals surface area contributed by atoms with Gasteiger partial charge in [-0.05, 0) is 50.3 Å². The third-order valence-electron chi connectivity index (χ3n) is 4.25. The number of hydrogen-bond donors (Lipinski definition) is 0. The molecule has 0 spiro atoms. The van der Waals surface area contributed by atoms with Crippen molar-refractivity contribution in [3.05, 3.63) is 36.5 Å². The second kappa shape index (κ2) is 20.6. The average molecular weight is 347 g/mol. The molecular formula is C23H38O2. The zero-order chi connectivity index (χ0) is 18.4. The number of aldehydes is 1. The van der Waals surface area contributed by atoms with Crippen LogP contribution in [0.3, 0.4) is 0 Å². The number of rotatable bonds is 18. The standard InChI is InChI=1S/C23H38O2/c1-2-3-4-5-6-7-8-9-10-11-12-13-14-15-16-17-18-20-23(25)21-19-22-24/h5-6,18-22H,2-4,7-17H2,1H3/b6-5?,20-18+,21-19+. The summed E-state index contributed by atoms with van der Waals surface area (Å²) in [6.45, 7) is 2.24. The number of allylic oxidation sites excluding steroid dienone is 6. The topological polar surface area (TPSA) is 34.1 Å². The molecule has 0 bridgehead atoms. The van der Waals surface area contributed by atoms with Crippen LogP contribution in [0.1, 0.15) is 96.8 Å².